The molecular weight excluding hydrogens is 174 g/mol. The van der Waals surface area contributed by atoms with Crippen molar-refractivity contribution in [2.24, 2.45) is 11.1 Å². The van der Waals surface area contributed by atoms with E-state index >= 15 is 0 Å². The van der Waals surface area contributed by atoms with Gasteiger partial charge in [0.1, 0.15) is 5.75 Å². The second-order valence-electron chi connectivity index (χ2n) is 4.36. The van der Waals surface area contributed by atoms with Gasteiger partial charge >= 0.3 is 0 Å². The number of para-hydroxylation sites is 1. The lowest BCUT2D eigenvalue weighted by molar-refractivity contribution is 0.359. The molecule has 0 aliphatic rings. The summed E-state index contributed by atoms with van der Waals surface area (Å²) in [5.74, 6) is 0.953. The van der Waals surface area contributed by atoms with Crippen molar-refractivity contribution in [3.63, 3.8) is 0 Å². The summed E-state index contributed by atoms with van der Waals surface area (Å²) in [4.78, 5) is 0. The second-order valence-corrected chi connectivity index (χ2v) is 4.36. The molecule has 0 heterocycles. The number of ether oxygens (including phenoxy) is 1. The van der Waals surface area contributed by atoms with E-state index < -0.39 is 0 Å². The lowest BCUT2D eigenvalue weighted by Gasteiger charge is -2.23. The molecule has 0 radical (unpaired) electrons. The molecule has 1 aromatic rings. The van der Waals surface area contributed by atoms with Crippen molar-refractivity contribution in [3.8, 4) is 5.75 Å². The molecular formula is C12H19NO. The molecule has 14 heavy (non-hydrogen) atoms. The van der Waals surface area contributed by atoms with Crippen LogP contribution in [0.3, 0.4) is 0 Å². The van der Waals surface area contributed by atoms with E-state index in [2.05, 4.69) is 19.9 Å². The van der Waals surface area contributed by atoms with Crippen LogP contribution in [0.1, 0.15) is 19.4 Å². The maximum Gasteiger partial charge on any atom is 0.122 e. The predicted octanol–water partition coefficient (Wildman–Crippen LogP) is 2.22. The number of rotatable bonds is 4. The summed E-state index contributed by atoms with van der Waals surface area (Å²) in [5.41, 5.74) is 7.07. The van der Waals surface area contributed by atoms with E-state index in [0.717, 1.165) is 12.2 Å². The van der Waals surface area contributed by atoms with Crippen molar-refractivity contribution in [3.05, 3.63) is 29.8 Å². The smallest absolute Gasteiger partial charge is 0.122 e. The van der Waals surface area contributed by atoms with Gasteiger partial charge in [-0.2, -0.15) is 0 Å². The predicted molar refractivity (Wildman–Crippen MR) is 59.5 cm³/mol. The van der Waals surface area contributed by atoms with Gasteiger partial charge in [0.2, 0.25) is 0 Å². The van der Waals surface area contributed by atoms with Crippen molar-refractivity contribution >= 4 is 0 Å². The molecule has 0 bridgehead atoms. The molecule has 0 saturated heterocycles. The van der Waals surface area contributed by atoms with Gasteiger partial charge in [0, 0.05) is 0 Å². The van der Waals surface area contributed by atoms with Gasteiger partial charge in [0.05, 0.1) is 7.11 Å². The average Bonchev–Trinajstić information content (AvgIpc) is 2.18. The summed E-state index contributed by atoms with van der Waals surface area (Å²) in [6, 6.07) is 8.10. The van der Waals surface area contributed by atoms with Crippen molar-refractivity contribution < 1.29 is 4.74 Å². The van der Waals surface area contributed by atoms with Crippen LogP contribution in [0.2, 0.25) is 0 Å². The largest absolute Gasteiger partial charge is 0.496 e. The molecule has 0 aromatic heterocycles. The molecule has 2 N–H and O–H groups in total. The SMILES string of the molecule is COc1ccccc1CC(C)(C)CN. The molecule has 0 aliphatic heterocycles. The summed E-state index contributed by atoms with van der Waals surface area (Å²) >= 11 is 0. The Morgan fingerprint density at radius 3 is 2.50 bits per heavy atom. The Morgan fingerprint density at radius 1 is 1.29 bits per heavy atom. The molecule has 0 aliphatic carbocycles. The first-order valence-corrected chi connectivity index (χ1v) is 4.91. The minimum absolute atomic E-state index is 0.134. The summed E-state index contributed by atoms with van der Waals surface area (Å²) in [6.45, 7) is 5.02. The number of hydrogen-bond donors (Lipinski definition) is 1. The van der Waals surface area contributed by atoms with Crippen molar-refractivity contribution in [2.45, 2.75) is 20.3 Å². The fourth-order valence-electron chi connectivity index (χ4n) is 1.44. The Labute approximate surface area is 86.1 Å². The Morgan fingerprint density at radius 2 is 1.93 bits per heavy atom. The van der Waals surface area contributed by atoms with Gasteiger partial charge < -0.3 is 10.5 Å². The van der Waals surface area contributed by atoms with Crippen LogP contribution in [-0.4, -0.2) is 13.7 Å². The minimum Gasteiger partial charge on any atom is -0.496 e. The Kier molecular flexibility index (Phi) is 3.53. The third-order valence-corrected chi connectivity index (χ3v) is 2.41. The first-order chi connectivity index (χ1) is 6.59. The normalized spacial score (nSPS) is 11.4. The van der Waals surface area contributed by atoms with Crippen LogP contribution in [0.25, 0.3) is 0 Å². The molecule has 2 nitrogen and oxygen atoms in total. The Bertz CT molecular complexity index is 294. The zero-order valence-electron chi connectivity index (χ0n) is 9.21. The summed E-state index contributed by atoms with van der Waals surface area (Å²) in [7, 11) is 1.70. The highest BCUT2D eigenvalue weighted by molar-refractivity contribution is 5.33. The van der Waals surface area contributed by atoms with E-state index in [1.54, 1.807) is 7.11 Å². The molecule has 0 atom stereocenters. The number of benzene rings is 1. The quantitative estimate of drug-likeness (QED) is 0.795. The number of methoxy groups -OCH3 is 1. The van der Waals surface area contributed by atoms with Crippen LogP contribution in [0.5, 0.6) is 5.75 Å². The average molecular weight is 193 g/mol. The maximum atomic E-state index is 5.70. The molecule has 2 heteroatoms. The van der Waals surface area contributed by atoms with Crippen LogP contribution in [-0.2, 0) is 6.42 Å². The van der Waals surface area contributed by atoms with E-state index in [9.17, 15) is 0 Å². The highest BCUT2D eigenvalue weighted by Gasteiger charge is 2.18. The zero-order valence-corrected chi connectivity index (χ0v) is 9.21. The van der Waals surface area contributed by atoms with Gasteiger partial charge in [-0.1, -0.05) is 32.0 Å². The number of nitrogens with two attached hydrogens (primary N) is 1. The third-order valence-electron chi connectivity index (χ3n) is 2.41. The molecule has 0 amide bonds. The van der Waals surface area contributed by atoms with E-state index in [1.165, 1.54) is 5.56 Å². The van der Waals surface area contributed by atoms with Crippen molar-refractivity contribution in [2.75, 3.05) is 13.7 Å². The monoisotopic (exact) mass is 193 g/mol. The first-order valence-electron chi connectivity index (χ1n) is 4.91. The lowest BCUT2D eigenvalue weighted by atomic mass is 9.86. The van der Waals surface area contributed by atoms with E-state index in [1.807, 2.05) is 18.2 Å². The Balaban J connectivity index is 2.85. The third kappa shape index (κ3) is 2.74. The lowest BCUT2D eigenvalue weighted by Crippen LogP contribution is -2.26. The van der Waals surface area contributed by atoms with Crippen molar-refractivity contribution in [1.82, 2.24) is 0 Å². The van der Waals surface area contributed by atoms with Crippen molar-refractivity contribution in [1.29, 1.82) is 0 Å². The van der Waals surface area contributed by atoms with Gasteiger partial charge in [0.15, 0.2) is 0 Å². The fraction of sp³-hybridized carbons (Fsp3) is 0.500. The highest BCUT2D eigenvalue weighted by Crippen LogP contribution is 2.26. The van der Waals surface area contributed by atoms with E-state index in [-0.39, 0.29) is 5.41 Å². The van der Waals surface area contributed by atoms with E-state index in [0.29, 0.717) is 6.54 Å². The van der Waals surface area contributed by atoms with Crippen LogP contribution < -0.4 is 10.5 Å². The maximum absolute atomic E-state index is 5.70. The van der Waals surface area contributed by atoms with Gasteiger partial charge in [-0.3, -0.25) is 0 Å². The molecule has 0 fully saturated rings. The summed E-state index contributed by atoms with van der Waals surface area (Å²) < 4.78 is 5.29. The van der Waals surface area contributed by atoms with Crippen LogP contribution in [0.4, 0.5) is 0 Å². The van der Waals surface area contributed by atoms with Crippen LogP contribution in [0, 0.1) is 5.41 Å². The second kappa shape index (κ2) is 4.47. The molecule has 78 valence electrons. The summed E-state index contributed by atoms with van der Waals surface area (Å²) in [6.07, 6.45) is 0.952. The molecule has 1 rings (SSSR count). The van der Waals surface area contributed by atoms with Gasteiger partial charge in [0.25, 0.3) is 0 Å². The summed E-state index contributed by atoms with van der Waals surface area (Å²) in [5, 5.41) is 0. The zero-order chi connectivity index (χ0) is 10.6. The fourth-order valence-corrected chi connectivity index (χ4v) is 1.44. The highest BCUT2D eigenvalue weighted by atomic mass is 16.5. The molecule has 1 aromatic carbocycles. The molecule has 0 saturated carbocycles. The van der Waals surface area contributed by atoms with Crippen LogP contribution >= 0.6 is 0 Å². The minimum atomic E-state index is 0.134. The number of hydrogen-bond acceptors (Lipinski definition) is 2. The Hall–Kier alpha value is -1.02. The van der Waals surface area contributed by atoms with Gasteiger partial charge in [-0.25, -0.2) is 0 Å². The van der Waals surface area contributed by atoms with Crippen LogP contribution in [0.15, 0.2) is 24.3 Å². The van der Waals surface area contributed by atoms with E-state index in [4.69, 9.17) is 10.5 Å². The topological polar surface area (TPSA) is 35.2 Å². The van der Waals surface area contributed by atoms with Gasteiger partial charge in [-0.15, -0.1) is 0 Å². The molecule has 0 unspecified atom stereocenters. The first kappa shape index (κ1) is 11.1. The molecule has 0 spiro atoms. The van der Waals surface area contributed by atoms with Gasteiger partial charge in [-0.05, 0) is 30.0 Å². The standard InChI is InChI=1S/C12H19NO/c1-12(2,9-13)8-10-6-4-5-7-11(10)14-3/h4-7H,8-9,13H2,1-3H3.